The van der Waals surface area contributed by atoms with Crippen molar-refractivity contribution in [1.29, 1.82) is 0 Å². The number of rotatable bonds is 3. The normalized spacial score (nSPS) is 28.5. The molecule has 3 rings (SSSR count). The van der Waals surface area contributed by atoms with Crippen LogP contribution in [0.1, 0.15) is 42.4 Å². The van der Waals surface area contributed by atoms with E-state index in [9.17, 15) is 0 Å². The van der Waals surface area contributed by atoms with Gasteiger partial charge in [-0.1, -0.05) is 18.2 Å². The number of aryl methyl sites for hydroxylation is 2. The van der Waals surface area contributed by atoms with E-state index in [0.29, 0.717) is 0 Å². The largest absolute Gasteiger partial charge is 0.311 e. The van der Waals surface area contributed by atoms with E-state index < -0.39 is 0 Å². The number of nitrogens with one attached hydrogen (secondary N) is 1. The van der Waals surface area contributed by atoms with Gasteiger partial charge in [0.15, 0.2) is 0 Å². The Bertz CT molecular complexity index is 448. The lowest BCUT2D eigenvalue weighted by Crippen LogP contribution is -2.46. The molecule has 2 aliphatic heterocycles. The minimum absolute atomic E-state index is 0. The second-order valence-electron chi connectivity index (χ2n) is 6.60. The molecule has 0 radical (unpaired) electrons. The van der Waals surface area contributed by atoms with Gasteiger partial charge < -0.3 is 5.32 Å². The highest BCUT2D eigenvalue weighted by Gasteiger charge is 2.34. The van der Waals surface area contributed by atoms with Crippen molar-refractivity contribution in [2.45, 2.75) is 64.2 Å². The van der Waals surface area contributed by atoms with E-state index in [1.54, 1.807) is 0 Å². The maximum absolute atomic E-state index is 3.73. The van der Waals surface area contributed by atoms with Crippen LogP contribution in [0.25, 0.3) is 0 Å². The molecule has 112 valence electrons. The number of hydrogen-bond donors (Lipinski definition) is 1. The van der Waals surface area contributed by atoms with Gasteiger partial charge in [-0.3, -0.25) is 4.90 Å². The third kappa shape index (κ3) is 3.36. The summed E-state index contributed by atoms with van der Waals surface area (Å²) in [7, 11) is 2.30. The van der Waals surface area contributed by atoms with E-state index in [4.69, 9.17) is 0 Å². The van der Waals surface area contributed by atoms with Gasteiger partial charge in [-0.15, -0.1) is 12.4 Å². The highest BCUT2D eigenvalue weighted by molar-refractivity contribution is 5.85. The van der Waals surface area contributed by atoms with Gasteiger partial charge in [0, 0.05) is 24.7 Å². The van der Waals surface area contributed by atoms with E-state index in [2.05, 4.69) is 49.3 Å². The minimum atomic E-state index is 0. The molecule has 3 heteroatoms. The molecule has 20 heavy (non-hydrogen) atoms. The molecule has 0 aliphatic carbocycles. The molecule has 1 aromatic carbocycles. The third-order valence-corrected chi connectivity index (χ3v) is 5.07. The van der Waals surface area contributed by atoms with Crippen LogP contribution in [-0.2, 0) is 6.54 Å². The first-order valence-corrected chi connectivity index (χ1v) is 7.64. The molecule has 2 bridgehead atoms. The topological polar surface area (TPSA) is 15.3 Å². The third-order valence-electron chi connectivity index (χ3n) is 5.07. The fourth-order valence-electron chi connectivity index (χ4n) is 3.71. The van der Waals surface area contributed by atoms with Crippen molar-refractivity contribution < 1.29 is 0 Å². The lowest BCUT2D eigenvalue weighted by Gasteiger charge is -2.35. The standard InChI is InChI=1S/C17H26N2.ClH/c1-12-4-5-14(8-13(12)2)11-19(3)17-9-15-6-7-16(10-17)18-15;/h4-5,8,15-18H,6-7,9-11H2,1-3H3;1H. The summed E-state index contributed by atoms with van der Waals surface area (Å²) in [6.07, 6.45) is 5.44. The average Bonchev–Trinajstić information content (AvgIpc) is 2.72. The van der Waals surface area contributed by atoms with Crippen molar-refractivity contribution in [3.63, 3.8) is 0 Å². The van der Waals surface area contributed by atoms with Crippen LogP contribution in [0.4, 0.5) is 0 Å². The molecule has 2 fully saturated rings. The first-order chi connectivity index (χ1) is 9.11. The van der Waals surface area contributed by atoms with Gasteiger partial charge in [0.05, 0.1) is 0 Å². The lowest BCUT2D eigenvalue weighted by atomic mass is 9.97. The van der Waals surface area contributed by atoms with Gasteiger partial charge in [0.25, 0.3) is 0 Å². The molecule has 2 aliphatic rings. The maximum Gasteiger partial charge on any atom is 0.0233 e. The van der Waals surface area contributed by atoms with Gasteiger partial charge in [0.1, 0.15) is 0 Å². The second kappa shape index (κ2) is 6.46. The quantitative estimate of drug-likeness (QED) is 0.919. The zero-order valence-corrected chi connectivity index (χ0v) is 13.7. The van der Waals surface area contributed by atoms with E-state index in [1.807, 2.05) is 0 Å². The molecule has 0 aromatic heterocycles. The molecule has 0 amide bonds. The number of piperidine rings is 1. The molecule has 1 N–H and O–H groups in total. The van der Waals surface area contributed by atoms with Gasteiger partial charge in [-0.05, 0) is 63.3 Å². The molecule has 0 spiro atoms. The predicted molar refractivity (Wildman–Crippen MR) is 87.6 cm³/mol. The first-order valence-electron chi connectivity index (χ1n) is 7.64. The SMILES string of the molecule is Cc1ccc(CN(C)C2CC3CCC(C2)N3)cc1C.Cl. The zero-order chi connectivity index (χ0) is 13.4. The summed E-state index contributed by atoms with van der Waals surface area (Å²) in [6.45, 7) is 5.49. The minimum Gasteiger partial charge on any atom is -0.311 e. The molecule has 2 saturated heterocycles. The van der Waals surface area contributed by atoms with Crippen LogP contribution in [-0.4, -0.2) is 30.1 Å². The van der Waals surface area contributed by atoms with Gasteiger partial charge in [-0.2, -0.15) is 0 Å². The fraction of sp³-hybridized carbons (Fsp3) is 0.647. The Morgan fingerprint density at radius 1 is 1.10 bits per heavy atom. The summed E-state index contributed by atoms with van der Waals surface area (Å²) in [5, 5.41) is 3.73. The van der Waals surface area contributed by atoms with Crippen LogP contribution >= 0.6 is 12.4 Å². The molecule has 0 saturated carbocycles. The lowest BCUT2D eigenvalue weighted by molar-refractivity contribution is 0.166. The monoisotopic (exact) mass is 294 g/mol. The summed E-state index contributed by atoms with van der Waals surface area (Å²) >= 11 is 0. The van der Waals surface area contributed by atoms with E-state index in [0.717, 1.165) is 24.7 Å². The van der Waals surface area contributed by atoms with Crippen molar-refractivity contribution in [2.24, 2.45) is 0 Å². The zero-order valence-electron chi connectivity index (χ0n) is 12.9. The van der Waals surface area contributed by atoms with Crippen molar-refractivity contribution in [3.8, 4) is 0 Å². The average molecular weight is 295 g/mol. The Hall–Kier alpha value is -0.570. The highest BCUT2D eigenvalue weighted by Crippen LogP contribution is 2.29. The Morgan fingerprint density at radius 2 is 1.75 bits per heavy atom. The summed E-state index contributed by atoms with van der Waals surface area (Å²) in [6, 6.07) is 9.22. The molecule has 1 aromatic rings. The van der Waals surface area contributed by atoms with Crippen LogP contribution in [0, 0.1) is 13.8 Å². The Labute approximate surface area is 129 Å². The van der Waals surface area contributed by atoms with E-state index >= 15 is 0 Å². The Morgan fingerprint density at radius 3 is 2.35 bits per heavy atom. The number of benzene rings is 1. The first kappa shape index (κ1) is 15.8. The van der Waals surface area contributed by atoms with Crippen LogP contribution in [0.5, 0.6) is 0 Å². The fourth-order valence-corrected chi connectivity index (χ4v) is 3.71. The predicted octanol–water partition coefficient (Wildman–Crippen LogP) is 3.44. The molecule has 2 heterocycles. The van der Waals surface area contributed by atoms with Crippen LogP contribution in [0.3, 0.4) is 0 Å². The Balaban J connectivity index is 0.00000147. The molecule has 2 atom stereocenters. The van der Waals surface area contributed by atoms with Crippen molar-refractivity contribution in [2.75, 3.05) is 7.05 Å². The molecular formula is C17H27ClN2. The number of halogens is 1. The van der Waals surface area contributed by atoms with Crippen LogP contribution in [0.2, 0.25) is 0 Å². The number of hydrogen-bond acceptors (Lipinski definition) is 2. The van der Waals surface area contributed by atoms with Crippen molar-refractivity contribution >= 4 is 12.4 Å². The summed E-state index contributed by atoms with van der Waals surface area (Å²) in [5.74, 6) is 0. The van der Waals surface area contributed by atoms with Crippen LogP contribution in [0.15, 0.2) is 18.2 Å². The Kier molecular flexibility index (Phi) is 5.11. The highest BCUT2D eigenvalue weighted by atomic mass is 35.5. The smallest absolute Gasteiger partial charge is 0.0233 e. The van der Waals surface area contributed by atoms with Crippen molar-refractivity contribution in [3.05, 3.63) is 34.9 Å². The number of fused-ring (bicyclic) bond motifs is 2. The number of nitrogens with zero attached hydrogens (tertiary/aromatic N) is 1. The molecular weight excluding hydrogens is 268 g/mol. The van der Waals surface area contributed by atoms with E-state index in [-0.39, 0.29) is 12.4 Å². The summed E-state index contributed by atoms with van der Waals surface area (Å²) < 4.78 is 0. The van der Waals surface area contributed by atoms with E-state index in [1.165, 1.54) is 42.4 Å². The van der Waals surface area contributed by atoms with Crippen LogP contribution < -0.4 is 5.32 Å². The van der Waals surface area contributed by atoms with Gasteiger partial charge in [0.2, 0.25) is 0 Å². The van der Waals surface area contributed by atoms with Crippen molar-refractivity contribution in [1.82, 2.24) is 10.2 Å². The van der Waals surface area contributed by atoms with Gasteiger partial charge in [-0.25, -0.2) is 0 Å². The van der Waals surface area contributed by atoms with Gasteiger partial charge >= 0.3 is 0 Å². The maximum atomic E-state index is 3.73. The summed E-state index contributed by atoms with van der Waals surface area (Å²) in [5.41, 5.74) is 4.26. The molecule has 2 unspecified atom stereocenters. The second-order valence-corrected chi connectivity index (χ2v) is 6.60. The summed E-state index contributed by atoms with van der Waals surface area (Å²) in [4.78, 5) is 2.57. The molecule has 2 nitrogen and oxygen atoms in total.